The normalized spacial score (nSPS) is 33.2. The second-order valence-corrected chi connectivity index (χ2v) is 2.90. The van der Waals surface area contributed by atoms with Crippen LogP contribution in [0, 0.1) is 0 Å². The van der Waals surface area contributed by atoms with Gasteiger partial charge in [-0.1, -0.05) is 0 Å². The molecule has 72 valence electrons. The van der Waals surface area contributed by atoms with Crippen molar-refractivity contribution in [2.24, 2.45) is 5.73 Å². The summed E-state index contributed by atoms with van der Waals surface area (Å²) in [5, 5.41) is 9.32. The van der Waals surface area contributed by atoms with Crippen LogP contribution in [-0.2, 0) is 14.3 Å². The smallest absolute Gasteiger partial charge is 0.319 e. The van der Waals surface area contributed by atoms with Crippen LogP contribution in [0.5, 0.6) is 0 Å². The molecule has 0 saturated carbocycles. The zero-order chi connectivity index (χ0) is 9.84. The Balaban J connectivity index is 2.25. The summed E-state index contributed by atoms with van der Waals surface area (Å²) < 4.78 is 9.77. The van der Waals surface area contributed by atoms with Gasteiger partial charge in [0.2, 0.25) is 0 Å². The predicted octanol–water partition coefficient (Wildman–Crippen LogP) is -1.87. The number of hydrogen-bond donors (Lipinski definition) is 2. The van der Waals surface area contributed by atoms with Gasteiger partial charge >= 0.3 is 5.97 Å². The van der Waals surface area contributed by atoms with Gasteiger partial charge in [0, 0.05) is 6.00 Å². The molecule has 1 aliphatic heterocycles. The van der Waals surface area contributed by atoms with Crippen LogP contribution in [0.3, 0.4) is 0 Å². The summed E-state index contributed by atoms with van der Waals surface area (Å²) in [5.74, 6) is -0.517. The minimum Gasteiger partial charge on any atom is -0.462 e. The molecule has 1 saturated heterocycles. The van der Waals surface area contributed by atoms with E-state index in [-0.39, 0.29) is 13.2 Å². The second-order valence-electron chi connectivity index (χ2n) is 2.90. The lowest BCUT2D eigenvalue weighted by atomic mass is 9.96. The number of hydrogen-bond acceptors (Lipinski definition) is 5. The van der Waals surface area contributed by atoms with Crippen molar-refractivity contribution in [2.75, 3.05) is 13.2 Å². The van der Waals surface area contributed by atoms with E-state index in [0.29, 0.717) is 6.42 Å². The van der Waals surface area contributed by atoms with Crippen molar-refractivity contribution >= 4 is 13.8 Å². The van der Waals surface area contributed by atoms with Crippen molar-refractivity contribution in [3.8, 4) is 0 Å². The maximum Gasteiger partial charge on any atom is 0.319 e. The van der Waals surface area contributed by atoms with Crippen molar-refractivity contribution < 1.29 is 19.4 Å². The van der Waals surface area contributed by atoms with E-state index in [1.807, 2.05) is 0 Å². The Labute approximate surface area is 77.6 Å². The number of nitrogens with two attached hydrogens (primary N) is 1. The fraction of sp³-hybridized carbons (Fsp3) is 0.857. The van der Waals surface area contributed by atoms with Crippen molar-refractivity contribution in [1.82, 2.24) is 0 Å². The van der Waals surface area contributed by atoms with E-state index in [1.54, 1.807) is 0 Å². The van der Waals surface area contributed by atoms with Gasteiger partial charge in [-0.25, -0.2) is 0 Å². The van der Waals surface area contributed by atoms with Gasteiger partial charge in [0.15, 0.2) is 0 Å². The number of esters is 1. The lowest BCUT2D eigenvalue weighted by molar-refractivity contribution is -0.146. The summed E-state index contributed by atoms with van der Waals surface area (Å²) in [6.07, 6.45) is -0.823. The number of carbonyl (C=O) groups is 1. The summed E-state index contributed by atoms with van der Waals surface area (Å²) in [4.78, 5) is 10.6. The molecule has 1 heterocycles. The first-order valence-electron chi connectivity index (χ1n) is 4.08. The largest absolute Gasteiger partial charge is 0.462 e. The van der Waals surface area contributed by atoms with Gasteiger partial charge in [0.05, 0.1) is 12.6 Å². The third-order valence-corrected chi connectivity index (χ3v) is 1.83. The van der Waals surface area contributed by atoms with Gasteiger partial charge in [-0.15, -0.1) is 0 Å². The van der Waals surface area contributed by atoms with Crippen LogP contribution in [0.2, 0.25) is 0 Å². The monoisotopic (exact) mass is 185 g/mol. The van der Waals surface area contributed by atoms with Crippen molar-refractivity contribution in [2.45, 2.75) is 24.6 Å². The molecule has 1 rings (SSSR count). The van der Waals surface area contributed by atoms with Crippen LogP contribution < -0.4 is 5.73 Å². The van der Waals surface area contributed by atoms with Gasteiger partial charge < -0.3 is 20.3 Å². The first kappa shape index (κ1) is 10.5. The van der Waals surface area contributed by atoms with Crippen LogP contribution in [0.4, 0.5) is 0 Å². The van der Waals surface area contributed by atoms with Gasteiger partial charge in [-0.2, -0.15) is 0 Å². The zero-order valence-corrected chi connectivity index (χ0v) is 7.18. The summed E-state index contributed by atoms with van der Waals surface area (Å²) in [6, 6.07) is -0.475. The highest BCUT2D eigenvalue weighted by molar-refractivity contribution is 6.11. The molecule has 3 atom stereocenters. The molecule has 3 N–H and O–H groups in total. The number of ether oxygens (including phenoxy) is 2. The van der Waals surface area contributed by atoms with E-state index >= 15 is 0 Å². The van der Waals surface area contributed by atoms with Gasteiger partial charge in [0.1, 0.15) is 20.6 Å². The summed E-state index contributed by atoms with van der Waals surface area (Å²) in [5.41, 5.74) is 5.02. The lowest BCUT2D eigenvalue weighted by Crippen LogP contribution is -2.29. The number of carbonyl (C=O) groups excluding carboxylic acids is 1. The quantitative estimate of drug-likeness (QED) is 0.397. The molecule has 6 heteroatoms. The minimum atomic E-state index is -0.666. The first-order valence-corrected chi connectivity index (χ1v) is 4.08. The molecule has 13 heavy (non-hydrogen) atoms. The van der Waals surface area contributed by atoms with E-state index in [0.717, 1.165) is 0 Å². The Morgan fingerprint density at radius 3 is 2.92 bits per heavy atom. The zero-order valence-electron chi connectivity index (χ0n) is 7.18. The maximum absolute atomic E-state index is 10.6. The molecule has 0 spiro atoms. The second kappa shape index (κ2) is 4.60. The highest BCUT2D eigenvalue weighted by atomic mass is 16.6. The molecular weight excluding hydrogens is 173 g/mol. The highest BCUT2D eigenvalue weighted by Crippen LogP contribution is 2.18. The standard InChI is InChI=1S/C7H12BNO4/c8-6-1-4(10)5(13-6)3-12-7(11)2-9/h4-6,10H,1-3,9H2/t4?,5-,6-/m0/s1. The van der Waals surface area contributed by atoms with E-state index in [2.05, 4.69) is 4.74 Å². The van der Waals surface area contributed by atoms with E-state index in [1.165, 1.54) is 0 Å². The average Bonchev–Trinajstić information content (AvgIpc) is 2.41. The Hall–Kier alpha value is -0.585. The lowest BCUT2D eigenvalue weighted by Gasteiger charge is -2.13. The average molecular weight is 185 g/mol. The van der Waals surface area contributed by atoms with Crippen LogP contribution in [0.25, 0.3) is 0 Å². The summed E-state index contributed by atoms with van der Waals surface area (Å²) in [6.45, 7) is -0.167. The molecule has 2 radical (unpaired) electrons. The Kier molecular flexibility index (Phi) is 3.71. The molecule has 0 aromatic rings. The topological polar surface area (TPSA) is 81.8 Å². The third kappa shape index (κ3) is 2.98. The molecule has 1 aliphatic rings. The number of aliphatic hydroxyl groups is 1. The van der Waals surface area contributed by atoms with Gasteiger partial charge in [-0.05, 0) is 6.42 Å². The van der Waals surface area contributed by atoms with E-state index < -0.39 is 24.2 Å². The molecular formula is C7H12BNO4. The fourth-order valence-electron chi connectivity index (χ4n) is 1.14. The van der Waals surface area contributed by atoms with Crippen LogP contribution in [0.1, 0.15) is 6.42 Å². The Morgan fingerprint density at radius 1 is 1.77 bits per heavy atom. The van der Waals surface area contributed by atoms with Crippen LogP contribution in [-0.4, -0.2) is 50.3 Å². The number of aliphatic hydroxyl groups excluding tert-OH is 1. The molecule has 0 aliphatic carbocycles. The van der Waals surface area contributed by atoms with Crippen LogP contribution >= 0.6 is 0 Å². The molecule has 0 amide bonds. The van der Waals surface area contributed by atoms with E-state index in [9.17, 15) is 9.90 Å². The Bertz CT molecular complexity index is 189. The van der Waals surface area contributed by atoms with Crippen LogP contribution in [0.15, 0.2) is 0 Å². The first-order chi connectivity index (χ1) is 6.13. The highest BCUT2D eigenvalue weighted by Gasteiger charge is 2.31. The van der Waals surface area contributed by atoms with Crippen molar-refractivity contribution in [3.05, 3.63) is 0 Å². The van der Waals surface area contributed by atoms with Gasteiger partial charge in [-0.3, -0.25) is 4.79 Å². The summed E-state index contributed by atoms with van der Waals surface area (Å²) >= 11 is 0. The molecule has 1 fully saturated rings. The summed E-state index contributed by atoms with van der Waals surface area (Å²) in [7, 11) is 5.41. The maximum atomic E-state index is 10.6. The van der Waals surface area contributed by atoms with Crippen molar-refractivity contribution in [3.63, 3.8) is 0 Å². The molecule has 0 bridgehead atoms. The molecule has 1 unspecified atom stereocenters. The SMILES string of the molecule is [B][C@@H]1CC(O)[C@H](COC(=O)CN)O1. The minimum absolute atomic E-state index is 0.00486. The molecule has 0 aromatic carbocycles. The number of rotatable bonds is 3. The predicted molar refractivity (Wildman–Crippen MR) is 45.1 cm³/mol. The van der Waals surface area contributed by atoms with E-state index in [4.69, 9.17) is 18.3 Å². The fourth-order valence-corrected chi connectivity index (χ4v) is 1.14. The molecule has 5 nitrogen and oxygen atoms in total. The third-order valence-electron chi connectivity index (χ3n) is 1.83. The Morgan fingerprint density at radius 2 is 2.46 bits per heavy atom. The molecule has 0 aromatic heterocycles. The van der Waals surface area contributed by atoms with Crippen molar-refractivity contribution in [1.29, 1.82) is 0 Å². The van der Waals surface area contributed by atoms with Gasteiger partial charge in [0.25, 0.3) is 0 Å².